The molecule has 0 amide bonds. The van der Waals surface area contributed by atoms with Crippen molar-refractivity contribution in [2.45, 2.75) is 6.42 Å². The highest BCUT2D eigenvalue weighted by Gasteiger charge is 2.01. The van der Waals surface area contributed by atoms with Crippen molar-refractivity contribution in [2.24, 2.45) is 0 Å². The summed E-state index contributed by atoms with van der Waals surface area (Å²) in [6.45, 7) is 0.141. The smallest absolute Gasteiger partial charge is 0.139 e. The number of nitrogens with one attached hydrogen (secondary N) is 1. The summed E-state index contributed by atoms with van der Waals surface area (Å²) in [6.07, 6.45) is 0.0445. The maximum atomic E-state index is 10.3. The summed E-state index contributed by atoms with van der Waals surface area (Å²) in [6, 6.07) is 4.83. The molecule has 0 saturated carbocycles. The minimum atomic E-state index is -0.664. The Morgan fingerprint density at radius 2 is 2.14 bits per heavy atom. The van der Waals surface area contributed by atoms with Gasteiger partial charge in [-0.1, -0.05) is 23.2 Å². The van der Waals surface area contributed by atoms with Crippen LogP contribution in [0.4, 0.5) is 0 Å². The summed E-state index contributed by atoms with van der Waals surface area (Å²) in [5.41, 5.74) is 0. The van der Waals surface area contributed by atoms with E-state index in [0.717, 1.165) is 0 Å². The molecule has 0 atom stereocenters. The normalized spacial score (nSPS) is 9.86. The Balaban J connectivity index is 2.57. The highest BCUT2D eigenvalue weighted by molar-refractivity contribution is 6.34. The molecule has 0 unspecified atom stereocenters. The van der Waals surface area contributed by atoms with Crippen LogP contribution < -0.4 is 9.84 Å². The van der Waals surface area contributed by atoms with Crippen molar-refractivity contribution in [3.63, 3.8) is 0 Å². The van der Waals surface area contributed by atoms with Gasteiger partial charge in [0.1, 0.15) is 5.75 Å². The van der Waals surface area contributed by atoms with Gasteiger partial charge in [-0.15, -0.1) is 0 Å². The van der Waals surface area contributed by atoms with Gasteiger partial charge in [-0.05, 0) is 18.0 Å². The Hall–Kier alpha value is -0.930. The molecule has 0 fully saturated rings. The number of rotatable bonds is 4. The Morgan fingerprint density at radius 1 is 1.43 bits per heavy atom. The Bertz CT molecular complexity index is 342. The van der Waals surface area contributed by atoms with Crippen LogP contribution in [0.1, 0.15) is 6.42 Å². The third kappa shape index (κ3) is 3.44. The predicted octanol–water partition coefficient (Wildman–Crippen LogP) is 2.10. The molecule has 0 heterocycles. The molecule has 0 radical (unpaired) electrons. The van der Waals surface area contributed by atoms with Gasteiger partial charge < -0.3 is 15.3 Å². The van der Waals surface area contributed by atoms with Gasteiger partial charge in [-0.2, -0.15) is 0 Å². The van der Waals surface area contributed by atoms with Gasteiger partial charge in [-0.3, -0.25) is 0 Å². The van der Waals surface area contributed by atoms with Gasteiger partial charge in [0.25, 0.3) is 0 Å². The lowest BCUT2D eigenvalue weighted by molar-refractivity contribution is -0.220. The molecule has 0 spiro atoms. The largest absolute Gasteiger partial charge is 0.862 e. The average Bonchev–Trinajstić information content (AvgIpc) is 2.10. The van der Waals surface area contributed by atoms with Crippen molar-refractivity contribution in [3.8, 4) is 5.75 Å². The van der Waals surface area contributed by atoms with E-state index >= 15 is 0 Å². The van der Waals surface area contributed by atoms with Gasteiger partial charge in [0.05, 0.1) is 11.6 Å². The van der Waals surface area contributed by atoms with Crippen LogP contribution in [0, 0.1) is 5.41 Å². The molecule has 3 nitrogen and oxygen atoms in total. The Kier molecular flexibility index (Phi) is 4.04. The first kappa shape index (κ1) is 11.1. The first-order valence-electron chi connectivity index (χ1n) is 3.92. The first-order valence-corrected chi connectivity index (χ1v) is 4.67. The molecule has 0 bridgehead atoms. The van der Waals surface area contributed by atoms with Crippen LogP contribution in [-0.4, -0.2) is 12.5 Å². The molecule has 76 valence electrons. The van der Waals surface area contributed by atoms with E-state index in [1.165, 1.54) is 0 Å². The molecule has 0 aliphatic rings. The number of hydrogen-bond acceptors (Lipinski definition) is 3. The summed E-state index contributed by atoms with van der Waals surface area (Å²) in [5.74, 6) is -0.233. The van der Waals surface area contributed by atoms with E-state index in [4.69, 9.17) is 33.3 Å². The van der Waals surface area contributed by atoms with Crippen molar-refractivity contribution in [3.05, 3.63) is 28.2 Å². The fourth-order valence-corrected chi connectivity index (χ4v) is 1.18. The Morgan fingerprint density at radius 3 is 2.79 bits per heavy atom. The molecule has 5 heteroatoms. The summed E-state index contributed by atoms with van der Waals surface area (Å²) < 4.78 is 5.17. The highest BCUT2D eigenvalue weighted by Crippen LogP contribution is 2.27. The van der Waals surface area contributed by atoms with Gasteiger partial charge in [0.15, 0.2) is 0 Å². The fraction of sp³-hybridized carbons (Fsp3) is 0.222. The number of halogens is 2. The molecular weight excluding hydrogens is 225 g/mol. The minimum absolute atomic E-state index is 0.0445. The van der Waals surface area contributed by atoms with Gasteiger partial charge in [-0.25, -0.2) is 0 Å². The van der Waals surface area contributed by atoms with Gasteiger partial charge in [0.2, 0.25) is 0 Å². The third-order valence-corrected chi connectivity index (χ3v) is 2.03. The second kappa shape index (κ2) is 5.08. The van der Waals surface area contributed by atoms with E-state index in [-0.39, 0.29) is 13.0 Å². The zero-order chi connectivity index (χ0) is 10.6. The van der Waals surface area contributed by atoms with Crippen molar-refractivity contribution < 1.29 is 9.84 Å². The zero-order valence-corrected chi connectivity index (χ0v) is 8.73. The molecule has 1 rings (SSSR count). The summed E-state index contributed by atoms with van der Waals surface area (Å²) >= 11 is 11.5. The van der Waals surface area contributed by atoms with Crippen molar-refractivity contribution in [1.29, 1.82) is 5.41 Å². The van der Waals surface area contributed by atoms with E-state index in [1.54, 1.807) is 18.2 Å². The van der Waals surface area contributed by atoms with E-state index in [9.17, 15) is 5.11 Å². The molecule has 0 aliphatic heterocycles. The van der Waals surface area contributed by atoms with Crippen LogP contribution in [0.15, 0.2) is 18.2 Å². The predicted molar refractivity (Wildman–Crippen MR) is 54.3 cm³/mol. The second-order valence-corrected chi connectivity index (χ2v) is 3.44. The molecule has 1 N–H and O–H groups in total. The lowest BCUT2D eigenvalue weighted by Gasteiger charge is -2.10. The maximum Gasteiger partial charge on any atom is 0.139 e. The summed E-state index contributed by atoms with van der Waals surface area (Å²) in [7, 11) is 0. The SMILES string of the molecule is N=C([O-])CCOc1cc(Cl)ccc1Cl. The molecule has 0 saturated heterocycles. The first-order chi connectivity index (χ1) is 6.59. The van der Waals surface area contributed by atoms with Crippen molar-refractivity contribution in [2.75, 3.05) is 6.61 Å². The molecule has 1 aromatic carbocycles. The molecule has 1 aromatic rings. The van der Waals surface area contributed by atoms with E-state index in [1.807, 2.05) is 0 Å². The third-order valence-electron chi connectivity index (χ3n) is 1.48. The maximum absolute atomic E-state index is 10.3. The quantitative estimate of drug-likeness (QED) is 0.639. The second-order valence-electron chi connectivity index (χ2n) is 2.60. The molecular formula is C9H8Cl2NO2-. The topological polar surface area (TPSA) is 56.1 Å². The van der Waals surface area contributed by atoms with E-state index in [2.05, 4.69) is 0 Å². The summed E-state index contributed by atoms with van der Waals surface area (Å²) in [4.78, 5) is 0. The number of benzene rings is 1. The van der Waals surface area contributed by atoms with Crippen LogP contribution in [0.2, 0.25) is 10.0 Å². The van der Waals surface area contributed by atoms with Crippen LogP contribution in [0.3, 0.4) is 0 Å². The molecule has 14 heavy (non-hydrogen) atoms. The number of ether oxygens (including phenoxy) is 1. The zero-order valence-electron chi connectivity index (χ0n) is 7.22. The average molecular weight is 233 g/mol. The van der Waals surface area contributed by atoms with Gasteiger partial charge in [0, 0.05) is 17.5 Å². The molecule has 0 aliphatic carbocycles. The monoisotopic (exact) mass is 232 g/mol. The lowest BCUT2D eigenvalue weighted by Crippen LogP contribution is -2.18. The van der Waals surface area contributed by atoms with Crippen LogP contribution in [0.25, 0.3) is 0 Å². The van der Waals surface area contributed by atoms with Crippen molar-refractivity contribution in [1.82, 2.24) is 0 Å². The van der Waals surface area contributed by atoms with E-state index in [0.29, 0.717) is 15.8 Å². The van der Waals surface area contributed by atoms with Gasteiger partial charge >= 0.3 is 0 Å². The lowest BCUT2D eigenvalue weighted by atomic mass is 10.3. The molecule has 0 aromatic heterocycles. The van der Waals surface area contributed by atoms with Crippen LogP contribution in [-0.2, 0) is 0 Å². The van der Waals surface area contributed by atoms with E-state index < -0.39 is 5.90 Å². The number of hydrogen-bond donors (Lipinski definition) is 1. The van der Waals surface area contributed by atoms with Crippen LogP contribution >= 0.6 is 23.2 Å². The van der Waals surface area contributed by atoms with Crippen molar-refractivity contribution >= 4 is 29.1 Å². The summed E-state index contributed by atoms with van der Waals surface area (Å²) in [5, 5.41) is 17.9. The van der Waals surface area contributed by atoms with Crippen LogP contribution in [0.5, 0.6) is 5.75 Å². The standard InChI is InChI=1S/C9H9Cl2NO2/c10-6-1-2-7(11)8(5-6)14-4-3-9(12)13/h1-2,5H,3-4H2,(H2,12,13)/p-1. The Labute approximate surface area is 91.7 Å². The minimum Gasteiger partial charge on any atom is -0.862 e. The highest BCUT2D eigenvalue weighted by atomic mass is 35.5. The fourth-order valence-electron chi connectivity index (χ4n) is 0.841.